The van der Waals surface area contributed by atoms with Gasteiger partial charge in [0.1, 0.15) is 16.2 Å². The minimum absolute atomic E-state index is 0.126. The van der Waals surface area contributed by atoms with E-state index >= 15 is 0 Å². The van der Waals surface area contributed by atoms with Crippen molar-refractivity contribution in [3.05, 3.63) is 71.0 Å². The maximum atomic E-state index is 13.1. The average Bonchev–Trinajstić information content (AvgIpc) is 3.18. The van der Waals surface area contributed by atoms with Gasteiger partial charge in [-0.1, -0.05) is 41.7 Å². The minimum atomic E-state index is -0.126. The van der Waals surface area contributed by atoms with Crippen molar-refractivity contribution in [3.8, 4) is 11.3 Å². The first-order valence-electron chi connectivity index (χ1n) is 7.43. The van der Waals surface area contributed by atoms with Crippen LogP contribution in [0.3, 0.4) is 0 Å². The van der Waals surface area contributed by atoms with Gasteiger partial charge in [-0.3, -0.25) is 9.20 Å². The highest BCUT2D eigenvalue weighted by Crippen LogP contribution is 2.31. The molecule has 0 aliphatic heterocycles. The van der Waals surface area contributed by atoms with Crippen LogP contribution in [0.2, 0.25) is 0 Å². The molecule has 0 saturated carbocycles. The number of nitrogens with two attached hydrogens (primary N) is 1. The summed E-state index contributed by atoms with van der Waals surface area (Å²) in [5, 5.41) is 0.377. The van der Waals surface area contributed by atoms with E-state index in [4.69, 9.17) is 5.73 Å². The Balaban J connectivity index is 1.85. The molecule has 0 unspecified atom stereocenters. The number of hydrogen-bond acceptors (Lipinski definition) is 5. The van der Waals surface area contributed by atoms with E-state index in [1.165, 1.54) is 11.3 Å². The van der Waals surface area contributed by atoms with Crippen LogP contribution < -0.4 is 5.73 Å². The second-order valence-corrected chi connectivity index (χ2v) is 6.53. The van der Waals surface area contributed by atoms with E-state index in [1.54, 1.807) is 10.6 Å². The van der Waals surface area contributed by atoms with Crippen LogP contribution in [0.5, 0.6) is 0 Å². The van der Waals surface area contributed by atoms with Crippen LogP contribution in [0, 0.1) is 6.92 Å². The summed E-state index contributed by atoms with van der Waals surface area (Å²) in [6, 6.07) is 13.5. The van der Waals surface area contributed by atoms with Crippen molar-refractivity contribution in [2.24, 2.45) is 0 Å². The molecule has 0 atom stereocenters. The second-order valence-electron chi connectivity index (χ2n) is 5.50. The first-order valence-corrected chi connectivity index (χ1v) is 8.25. The largest absolute Gasteiger partial charge is 0.375 e. The Hall–Kier alpha value is -2.99. The third-order valence-electron chi connectivity index (χ3n) is 3.80. The molecular weight excluding hydrogens is 320 g/mol. The lowest BCUT2D eigenvalue weighted by Crippen LogP contribution is -2.05. The van der Waals surface area contributed by atoms with Crippen LogP contribution in [-0.2, 0) is 0 Å². The lowest BCUT2D eigenvalue weighted by molar-refractivity contribution is 0.103. The fourth-order valence-electron chi connectivity index (χ4n) is 2.65. The van der Waals surface area contributed by atoms with Crippen LogP contribution in [0.4, 0.5) is 5.13 Å². The summed E-state index contributed by atoms with van der Waals surface area (Å²) in [5.74, 6) is -0.126. The lowest BCUT2D eigenvalue weighted by Gasteiger charge is -2.03. The third kappa shape index (κ3) is 2.37. The van der Waals surface area contributed by atoms with Crippen LogP contribution in [0.15, 0.2) is 54.9 Å². The molecule has 0 amide bonds. The van der Waals surface area contributed by atoms with Crippen LogP contribution in [0.1, 0.15) is 20.9 Å². The molecule has 0 radical (unpaired) electrons. The van der Waals surface area contributed by atoms with Crippen molar-refractivity contribution in [3.63, 3.8) is 0 Å². The zero-order valence-electron chi connectivity index (χ0n) is 12.9. The molecule has 0 bridgehead atoms. The van der Waals surface area contributed by atoms with E-state index in [2.05, 4.69) is 9.97 Å². The van der Waals surface area contributed by atoms with E-state index < -0.39 is 0 Å². The van der Waals surface area contributed by atoms with Gasteiger partial charge in [-0.25, -0.2) is 9.97 Å². The van der Waals surface area contributed by atoms with E-state index in [-0.39, 0.29) is 5.78 Å². The van der Waals surface area contributed by atoms with Gasteiger partial charge in [-0.15, -0.1) is 0 Å². The summed E-state index contributed by atoms with van der Waals surface area (Å²) in [5.41, 5.74) is 9.71. The number of aromatic nitrogens is 3. The molecule has 2 N–H and O–H groups in total. The van der Waals surface area contributed by atoms with Crippen molar-refractivity contribution in [2.75, 3.05) is 5.73 Å². The summed E-state index contributed by atoms with van der Waals surface area (Å²) >= 11 is 1.20. The Morgan fingerprint density at radius 1 is 1.21 bits per heavy atom. The summed E-state index contributed by atoms with van der Waals surface area (Å²) in [7, 11) is 0. The quantitative estimate of drug-likeness (QED) is 0.581. The summed E-state index contributed by atoms with van der Waals surface area (Å²) < 4.78 is 1.79. The maximum Gasteiger partial charge on any atom is 0.223 e. The molecule has 6 heteroatoms. The van der Waals surface area contributed by atoms with E-state index in [0.717, 1.165) is 16.8 Å². The number of nitrogens with zero attached hydrogens (tertiary/aromatic N) is 3. The molecule has 4 aromatic rings. The maximum absolute atomic E-state index is 13.1. The monoisotopic (exact) mass is 334 g/mol. The number of carbonyl (C=O) groups excluding carboxylic acids is 1. The Labute approximate surface area is 142 Å². The van der Waals surface area contributed by atoms with Gasteiger partial charge < -0.3 is 5.73 Å². The number of rotatable bonds is 3. The molecular formula is C18H14N4OS. The topological polar surface area (TPSA) is 73.3 Å². The van der Waals surface area contributed by atoms with Crippen molar-refractivity contribution < 1.29 is 4.79 Å². The highest BCUT2D eigenvalue weighted by Gasteiger charge is 2.22. The number of hydrogen-bond donors (Lipinski definition) is 1. The van der Waals surface area contributed by atoms with E-state index in [9.17, 15) is 4.79 Å². The number of nitrogen functional groups attached to an aromatic ring is 1. The van der Waals surface area contributed by atoms with Gasteiger partial charge in [-0.05, 0) is 24.6 Å². The molecule has 118 valence electrons. The predicted molar refractivity (Wildman–Crippen MR) is 95.3 cm³/mol. The number of aryl methyl sites for hydroxylation is 1. The van der Waals surface area contributed by atoms with Gasteiger partial charge in [0.2, 0.25) is 5.78 Å². The molecule has 4 rings (SSSR count). The number of ketones is 1. The molecule has 3 aromatic heterocycles. The number of benzene rings is 1. The molecule has 5 nitrogen and oxygen atoms in total. The standard InChI is InChI=1S/C18H14N4OS/c1-11-7-8-22-13(10-20-14(22)9-11)16(23)17-15(21-18(19)24-17)12-5-3-2-4-6-12/h2-10H,1H3,(H2,19,21). The highest BCUT2D eigenvalue weighted by atomic mass is 32.1. The normalized spacial score (nSPS) is 11.0. The molecule has 0 spiro atoms. The SMILES string of the molecule is Cc1ccn2c(C(=O)c3sc(N)nc3-c3ccccc3)cnc2c1. The lowest BCUT2D eigenvalue weighted by atomic mass is 10.1. The van der Waals surface area contributed by atoms with Gasteiger partial charge >= 0.3 is 0 Å². The minimum Gasteiger partial charge on any atom is -0.375 e. The molecule has 24 heavy (non-hydrogen) atoms. The molecule has 0 aliphatic rings. The van der Waals surface area contributed by atoms with Crippen LogP contribution in [0.25, 0.3) is 16.9 Å². The molecule has 0 fully saturated rings. The zero-order chi connectivity index (χ0) is 16.7. The molecule has 0 saturated heterocycles. The number of anilines is 1. The van der Waals surface area contributed by atoms with Gasteiger partial charge in [0.15, 0.2) is 5.13 Å². The van der Waals surface area contributed by atoms with Gasteiger partial charge in [0, 0.05) is 11.8 Å². The predicted octanol–water partition coefficient (Wildman–Crippen LogP) is 3.58. The summed E-state index contributed by atoms with van der Waals surface area (Å²) in [6.45, 7) is 1.99. The number of fused-ring (bicyclic) bond motifs is 1. The number of imidazole rings is 1. The van der Waals surface area contributed by atoms with Crippen LogP contribution in [-0.4, -0.2) is 20.2 Å². The number of pyridine rings is 1. The summed E-state index contributed by atoms with van der Waals surface area (Å²) in [4.78, 5) is 22.3. The van der Waals surface area contributed by atoms with Crippen LogP contribution >= 0.6 is 11.3 Å². The Bertz CT molecular complexity index is 1050. The summed E-state index contributed by atoms with van der Waals surface area (Å²) in [6.07, 6.45) is 3.46. The van der Waals surface area contributed by atoms with Crippen molar-refractivity contribution in [1.29, 1.82) is 0 Å². The highest BCUT2D eigenvalue weighted by molar-refractivity contribution is 7.18. The smallest absolute Gasteiger partial charge is 0.223 e. The van der Waals surface area contributed by atoms with E-state index in [0.29, 0.717) is 21.4 Å². The fourth-order valence-corrected chi connectivity index (χ4v) is 3.45. The number of carbonyl (C=O) groups is 1. The first kappa shape index (κ1) is 14.6. The Morgan fingerprint density at radius 2 is 2.00 bits per heavy atom. The van der Waals surface area contributed by atoms with Gasteiger partial charge in [0.05, 0.1) is 11.9 Å². The van der Waals surface area contributed by atoms with Crippen molar-refractivity contribution in [1.82, 2.24) is 14.4 Å². The Morgan fingerprint density at radius 3 is 2.79 bits per heavy atom. The molecule has 1 aromatic carbocycles. The van der Waals surface area contributed by atoms with E-state index in [1.807, 2.05) is 55.6 Å². The second kappa shape index (κ2) is 5.58. The Kier molecular flexibility index (Phi) is 3.39. The van der Waals surface area contributed by atoms with Gasteiger partial charge in [0.25, 0.3) is 0 Å². The fraction of sp³-hybridized carbons (Fsp3) is 0.0556. The van der Waals surface area contributed by atoms with Crippen molar-refractivity contribution >= 4 is 27.9 Å². The molecule has 0 aliphatic carbocycles. The third-order valence-corrected chi connectivity index (χ3v) is 4.68. The number of thiazole rings is 1. The molecule has 3 heterocycles. The zero-order valence-corrected chi connectivity index (χ0v) is 13.7. The average molecular weight is 334 g/mol. The first-order chi connectivity index (χ1) is 11.6. The van der Waals surface area contributed by atoms with Gasteiger partial charge in [-0.2, -0.15) is 0 Å². The van der Waals surface area contributed by atoms with Crippen molar-refractivity contribution in [2.45, 2.75) is 6.92 Å².